The van der Waals surface area contributed by atoms with Gasteiger partial charge in [0.1, 0.15) is 0 Å². The van der Waals surface area contributed by atoms with Gasteiger partial charge in [-0.15, -0.1) is 24.0 Å². The molecule has 0 aromatic rings. The van der Waals surface area contributed by atoms with Crippen LogP contribution in [0.5, 0.6) is 0 Å². The molecule has 1 saturated heterocycles. The molecule has 1 unspecified atom stereocenters. The Labute approximate surface area is 170 Å². The van der Waals surface area contributed by atoms with Gasteiger partial charge in [-0.1, -0.05) is 0 Å². The highest BCUT2D eigenvalue weighted by molar-refractivity contribution is 14.0. The first-order chi connectivity index (χ1) is 11.4. The fraction of sp³-hybridized carbons (Fsp3) is 0.889. The number of likely N-dealkylation sites (tertiary alicyclic amines) is 1. The van der Waals surface area contributed by atoms with Gasteiger partial charge in [0.05, 0.1) is 12.5 Å². The lowest BCUT2D eigenvalue weighted by Crippen LogP contribution is -2.50. The third-order valence-corrected chi connectivity index (χ3v) is 4.53. The number of nitrogens with one attached hydrogen (secondary N) is 1. The monoisotopic (exact) mass is 468 g/mol. The molecule has 1 atom stereocenters. The average molecular weight is 468 g/mol. The predicted molar refractivity (Wildman–Crippen MR) is 115 cm³/mol. The summed E-state index contributed by atoms with van der Waals surface area (Å²) in [5, 5.41) is 3.45. The average Bonchev–Trinajstić information content (AvgIpc) is 2.54. The van der Waals surface area contributed by atoms with Crippen molar-refractivity contribution < 1.29 is 9.53 Å². The molecule has 1 aliphatic heterocycles. The smallest absolute Gasteiger partial charge is 0.310 e. The molecule has 0 saturated carbocycles. The minimum Gasteiger partial charge on any atom is -0.466 e. The minimum absolute atomic E-state index is 0. The number of hydrogen-bond acceptors (Lipinski definition) is 4. The normalized spacial score (nSPS) is 18.5. The van der Waals surface area contributed by atoms with Gasteiger partial charge in [0.25, 0.3) is 0 Å². The molecule has 0 amide bonds. The van der Waals surface area contributed by atoms with Crippen LogP contribution in [0.15, 0.2) is 4.99 Å². The summed E-state index contributed by atoms with van der Waals surface area (Å²) < 4.78 is 5.18. The largest absolute Gasteiger partial charge is 0.466 e. The molecule has 25 heavy (non-hydrogen) atoms. The summed E-state index contributed by atoms with van der Waals surface area (Å²) in [5.74, 6) is 0.764. The molecule has 1 heterocycles. The summed E-state index contributed by atoms with van der Waals surface area (Å²) in [5.41, 5.74) is 0. The van der Waals surface area contributed by atoms with Crippen LogP contribution >= 0.6 is 24.0 Å². The summed E-state index contributed by atoms with van der Waals surface area (Å²) in [6.45, 7) is 14.7. The van der Waals surface area contributed by atoms with Crippen LogP contribution in [0, 0.1) is 5.92 Å². The van der Waals surface area contributed by atoms with Gasteiger partial charge in [0.2, 0.25) is 0 Å². The summed E-state index contributed by atoms with van der Waals surface area (Å²) >= 11 is 0. The van der Waals surface area contributed by atoms with Crippen molar-refractivity contribution in [2.45, 2.75) is 59.5 Å². The first kappa shape index (κ1) is 24.4. The van der Waals surface area contributed by atoms with Crippen molar-refractivity contribution in [1.29, 1.82) is 0 Å². The SMILES string of the molecule is CCOC(=O)C1CCCN(C(=NC)NCCN(C(C)C)C(C)C)C1.I. The summed E-state index contributed by atoms with van der Waals surface area (Å²) in [6, 6.07) is 1.05. The number of carbonyl (C=O) groups is 1. The van der Waals surface area contributed by atoms with Crippen molar-refractivity contribution in [3.8, 4) is 0 Å². The van der Waals surface area contributed by atoms with Gasteiger partial charge in [0.15, 0.2) is 5.96 Å². The number of piperidine rings is 1. The summed E-state index contributed by atoms with van der Waals surface area (Å²) in [6.07, 6.45) is 1.90. The van der Waals surface area contributed by atoms with Crippen LogP contribution in [0.3, 0.4) is 0 Å². The minimum atomic E-state index is -0.0801. The van der Waals surface area contributed by atoms with Crippen LogP contribution in [-0.4, -0.2) is 73.6 Å². The van der Waals surface area contributed by atoms with Gasteiger partial charge in [-0.2, -0.15) is 0 Å². The molecule has 0 aliphatic carbocycles. The number of rotatable bonds is 7. The molecule has 0 spiro atoms. The second kappa shape index (κ2) is 12.7. The zero-order chi connectivity index (χ0) is 18.1. The Morgan fingerprint density at radius 2 is 1.96 bits per heavy atom. The standard InChI is InChI=1S/C18H36N4O2.HI/c1-7-24-17(23)16-9-8-11-21(13-16)18(19-6)20-10-12-22(14(2)3)15(4)5;/h14-16H,7-13H2,1-6H3,(H,19,20);1H. The van der Waals surface area contributed by atoms with E-state index in [2.05, 4.69) is 47.8 Å². The van der Waals surface area contributed by atoms with Crippen LogP contribution in [0.4, 0.5) is 0 Å². The molecular weight excluding hydrogens is 431 g/mol. The lowest BCUT2D eigenvalue weighted by Gasteiger charge is -2.35. The van der Waals surface area contributed by atoms with Crippen LogP contribution in [0.25, 0.3) is 0 Å². The highest BCUT2D eigenvalue weighted by Crippen LogP contribution is 2.18. The van der Waals surface area contributed by atoms with E-state index in [0.29, 0.717) is 25.2 Å². The summed E-state index contributed by atoms with van der Waals surface area (Å²) in [4.78, 5) is 21.0. The van der Waals surface area contributed by atoms with Crippen molar-refractivity contribution in [1.82, 2.24) is 15.1 Å². The van der Waals surface area contributed by atoms with Crippen molar-refractivity contribution in [3.05, 3.63) is 0 Å². The molecule has 1 N–H and O–H groups in total. The zero-order valence-corrected chi connectivity index (χ0v) is 19.1. The molecular formula is C18H37IN4O2. The van der Waals surface area contributed by atoms with Gasteiger partial charge in [0, 0.05) is 45.3 Å². The van der Waals surface area contributed by atoms with Crippen molar-refractivity contribution in [2.75, 3.05) is 39.8 Å². The number of guanidine groups is 1. The van der Waals surface area contributed by atoms with E-state index >= 15 is 0 Å². The molecule has 1 fully saturated rings. The zero-order valence-electron chi connectivity index (χ0n) is 16.7. The maximum atomic E-state index is 12.0. The van der Waals surface area contributed by atoms with Crippen molar-refractivity contribution >= 4 is 35.9 Å². The quantitative estimate of drug-likeness (QED) is 0.270. The Hall–Kier alpha value is -0.570. The lowest BCUT2D eigenvalue weighted by molar-refractivity contribution is -0.149. The first-order valence-electron chi connectivity index (χ1n) is 9.28. The van der Waals surface area contributed by atoms with E-state index in [4.69, 9.17) is 4.74 Å². The third kappa shape index (κ3) is 8.11. The van der Waals surface area contributed by atoms with E-state index in [1.54, 1.807) is 7.05 Å². The van der Waals surface area contributed by atoms with Crippen LogP contribution in [0.2, 0.25) is 0 Å². The van der Waals surface area contributed by atoms with Gasteiger partial charge >= 0.3 is 5.97 Å². The van der Waals surface area contributed by atoms with Crippen molar-refractivity contribution in [3.63, 3.8) is 0 Å². The molecule has 0 radical (unpaired) electrons. The molecule has 0 aromatic carbocycles. The third-order valence-electron chi connectivity index (χ3n) is 4.53. The second-order valence-electron chi connectivity index (χ2n) is 6.94. The van der Waals surface area contributed by atoms with E-state index < -0.39 is 0 Å². The molecule has 0 aromatic heterocycles. The van der Waals surface area contributed by atoms with E-state index in [-0.39, 0.29) is 35.9 Å². The molecule has 148 valence electrons. The number of carbonyl (C=O) groups excluding carboxylic acids is 1. The highest BCUT2D eigenvalue weighted by Gasteiger charge is 2.28. The predicted octanol–water partition coefficient (Wildman–Crippen LogP) is 2.57. The van der Waals surface area contributed by atoms with Crippen LogP contribution in [-0.2, 0) is 9.53 Å². The van der Waals surface area contributed by atoms with Gasteiger partial charge in [-0.3, -0.25) is 14.7 Å². The van der Waals surface area contributed by atoms with Gasteiger partial charge < -0.3 is 15.0 Å². The Kier molecular flexibility index (Phi) is 12.4. The highest BCUT2D eigenvalue weighted by atomic mass is 127. The molecule has 0 bridgehead atoms. The Morgan fingerprint density at radius 1 is 1.32 bits per heavy atom. The maximum absolute atomic E-state index is 12.0. The molecule has 1 aliphatic rings. The van der Waals surface area contributed by atoms with Crippen LogP contribution in [0.1, 0.15) is 47.5 Å². The first-order valence-corrected chi connectivity index (χ1v) is 9.28. The number of halogens is 1. The number of ether oxygens (including phenoxy) is 1. The number of hydrogen-bond donors (Lipinski definition) is 1. The topological polar surface area (TPSA) is 57.2 Å². The van der Waals surface area contributed by atoms with E-state index in [1.807, 2.05) is 6.92 Å². The van der Waals surface area contributed by atoms with E-state index in [0.717, 1.165) is 38.4 Å². The van der Waals surface area contributed by atoms with Crippen LogP contribution < -0.4 is 5.32 Å². The van der Waals surface area contributed by atoms with E-state index in [9.17, 15) is 4.79 Å². The maximum Gasteiger partial charge on any atom is 0.310 e. The fourth-order valence-electron chi connectivity index (χ4n) is 3.36. The Bertz CT molecular complexity index is 408. The number of esters is 1. The van der Waals surface area contributed by atoms with E-state index in [1.165, 1.54) is 0 Å². The molecule has 6 nitrogen and oxygen atoms in total. The molecule has 1 rings (SSSR count). The van der Waals surface area contributed by atoms with Gasteiger partial charge in [-0.05, 0) is 47.5 Å². The summed E-state index contributed by atoms with van der Waals surface area (Å²) in [7, 11) is 1.80. The Morgan fingerprint density at radius 3 is 2.48 bits per heavy atom. The van der Waals surface area contributed by atoms with Gasteiger partial charge in [-0.25, -0.2) is 0 Å². The fourth-order valence-corrected chi connectivity index (χ4v) is 3.36. The lowest BCUT2D eigenvalue weighted by atomic mass is 9.98. The number of nitrogens with zero attached hydrogens (tertiary/aromatic N) is 3. The van der Waals surface area contributed by atoms with Crippen molar-refractivity contribution in [2.24, 2.45) is 10.9 Å². The second-order valence-corrected chi connectivity index (χ2v) is 6.94. The Balaban J connectivity index is 0.00000576. The molecule has 7 heteroatoms. The number of aliphatic imine (C=N–C) groups is 1.